The third-order valence-electron chi connectivity index (χ3n) is 5.26. The van der Waals surface area contributed by atoms with Gasteiger partial charge in [0, 0.05) is 26.2 Å². The van der Waals surface area contributed by atoms with Crippen LogP contribution in [0.4, 0.5) is 0 Å². The molecule has 3 heterocycles. The zero-order valence-electron chi connectivity index (χ0n) is 13.0. The zero-order chi connectivity index (χ0) is 14.7. The predicted octanol–water partition coefficient (Wildman–Crippen LogP) is 0.259. The third kappa shape index (κ3) is 3.73. The molecular weight excluding hydrogens is 306 g/mol. The number of hydrogen-bond donors (Lipinski definition) is 1. The Morgan fingerprint density at radius 1 is 0.818 bits per heavy atom. The van der Waals surface area contributed by atoms with Crippen molar-refractivity contribution in [2.45, 2.75) is 25.7 Å². The lowest BCUT2D eigenvalue weighted by Gasteiger charge is -2.44. The van der Waals surface area contributed by atoms with Gasteiger partial charge in [0.05, 0.1) is 13.2 Å². The predicted molar refractivity (Wildman–Crippen MR) is 85.0 cm³/mol. The highest BCUT2D eigenvalue weighted by Crippen LogP contribution is 2.39. The number of amides is 2. The van der Waals surface area contributed by atoms with Crippen LogP contribution >= 0.6 is 12.4 Å². The van der Waals surface area contributed by atoms with E-state index in [0.29, 0.717) is 31.7 Å². The van der Waals surface area contributed by atoms with Crippen molar-refractivity contribution in [2.75, 3.05) is 52.5 Å². The van der Waals surface area contributed by atoms with Gasteiger partial charge in [-0.15, -0.1) is 12.4 Å². The quantitative estimate of drug-likeness (QED) is 0.647. The minimum atomic E-state index is -0.348. The van der Waals surface area contributed by atoms with E-state index in [2.05, 4.69) is 5.32 Å². The highest BCUT2D eigenvalue weighted by molar-refractivity contribution is 6.34. The van der Waals surface area contributed by atoms with E-state index in [1.54, 1.807) is 9.80 Å². The van der Waals surface area contributed by atoms with Crippen molar-refractivity contribution in [3.8, 4) is 0 Å². The summed E-state index contributed by atoms with van der Waals surface area (Å²) in [5.74, 6) is -0.666. The lowest BCUT2D eigenvalue weighted by atomic mass is 9.71. The summed E-state index contributed by atoms with van der Waals surface area (Å²) in [4.78, 5) is 28.0. The van der Waals surface area contributed by atoms with E-state index in [4.69, 9.17) is 4.74 Å². The van der Waals surface area contributed by atoms with Gasteiger partial charge in [0.25, 0.3) is 0 Å². The normalized spacial score (nSPS) is 24.7. The molecule has 0 aromatic rings. The molecular formula is C15H26ClN3O3. The van der Waals surface area contributed by atoms with E-state index < -0.39 is 0 Å². The monoisotopic (exact) mass is 331 g/mol. The molecule has 6 nitrogen and oxygen atoms in total. The first-order valence-corrected chi connectivity index (χ1v) is 8.07. The highest BCUT2D eigenvalue weighted by Gasteiger charge is 2.38. The molecule has 0 bridgehead atoms. The van der Waals surface area contributed by atoms with E-state index in [0.717, 1.165) is 39.0 Å². The van der Waals surface area contributed by atoms with Gasteiger partial charge in [0.15, 0.2) is 0 Å². The Morgan fingerprint density at radius 2 is 1.32 bits per heavy atom. The summed E-state index contributed by atoms with van der Waals surface area (Å²) in [6.45, 7) is 5.78. The number of rotatable bonds is 0. The first-order valence-electron chi connectivity index (χ1n) is 8.07. The smallest absolute Gasteiger partial charge is 0.312 e. The maximum Gasteiger partial charge on any atom is 0.312 e. The first kappa shape index (κ1) is 17.5. The molecule has 126 valence electrons. The third-order valence-corrected chi connectivity index (χ3v) is 5.26. The molecule has 22 heavy (non-hydrogen) atoms. The molecule has 0 unspecified atom stereocenters. The summed E-state index contributed by atoms with van der Waals surface area (Å²) < 4.78 is 5.23. The molecule has 0 aromatic carbocycles. The summed E-state index contributed by atoms with van der Waals surface area (Å²) in [7, 11) is 0. The minimum absolute atomic E-state index is 0. The summed E-state index contributed by atoms with van der Waals surface area (Å²) in [6.07, 6.45) is 4.48. The van der Waals surface area contributed by atoms with Crippen molar-refractivity contribution in [3.63, 3.8) is 0 Å². The fraction of sp³-hybridized carbons (Fsp3) is 0.867. The molecule has 1 N–H and O–H groups in total. The Balaban J connectivity index is 0.00000176. The van der Waals surface area contributed by atoms with Crippen LogP contribution in [0, 0.1) is 5.41 Å². The summed E-state index contributed by atoms with van der Waals surface area (Å²) in [5.41, 5.74) is 0.407. The molecule has 3 saturated heterocycles. The lowest BCUT2D eigenvalue weighted by Crippen LogP contribution is -2.53. The average Bonchev–Trinajstić information content (AvgIpc) is 2.56. The molecule has 2 amide bonds. The highest BCUT2D eigenvalue weighted by atomic mass is 35.5. The fourth-order valence-corrected chi connectivity index (χ4v) is 3.68. The van der Waals surface area contributed by atoms with Crippen molar-refractivity contribution < 1.29 is 14.3 Å². The van der Waals surface area contributed by atoms with Gasteiger partial charge in [-0.25, -0.2) is 0 Å². The van der Waals surface area contributed by atoms with Crippen LogP contribution in [0.3, 0.4) is 0 Å². The van der Waals surface area contributed by atoms with Gasteiger partial charge in [-0.1, -0.05) is 0 Å². The van der Waals surface area contributed by atoms with Crippen molar-refractivity contribution >= 4 is 24.2 Å². The molecule has 3 fully saturated rings. The topological polar surface area (TPSA) is 61.9 Å². The Bertz CT molecular complexity index is 397. The standard InChI is InChI=1S/C15H25N3O3.ClH/c19-13(14(20)18-9-11-21-12-10-18)17-7-3-15(4-8-17)1-5-16-6-2-15;/h16H,1-12H2;1H. The summed E-state index contributed by atoms with van der Waals surface area (Å²) in [6, 6.07) is 0. The molecule has 7 heteroatoms. The number of halogens is 1. The average molecular weight is 332 g/mol. The first-order chi connectivity index (χ1) is 10.2. The maximum atomic E-state index is 12.4. The Hall–Kier alpha value is -0.850. The second-order valence-electron chi connectivity index (χ2n) is 6.45. The van der Waals surface area contributed by atoms with Gasteiger partial charge in [-0.2, -0.15) is 0 Å². The zero-order valence-corrected chi connectivity index (χ0v) is 13.8. The minimum Gasteiger partial charge on any atom is -0.378 e. The van der Waals surface area contributed by atoms with Crippen LogP contribution in [0.25, 0.3) is 0 Å². The summed E-state index contributed by atoms with van der Waals surface area (Å²) >= 11 is 0. The van der Waals surface area contributed by atoms with Crippen molar-refractivity contribution in [2.24, 2.45) is 5.41 Å². The number of piperidine rings is 2. The number of ether oxygens (including phenoxy) is 1. The second kappa shape index (κ2) is 7.62. The summed E-state index contributed by atoms with van der Waals surface area (Å²) in [5, 5.41) is 3.40. The number of carbonyl (C=O) groups is 2. The fourth-order valence-electron chi connectivity index (χ4n) is 3.68. The Labute approximate surface area is 137 Å². The van der Waals surface area contributed by atoms with Crippen LogP contribution in [0.5, 0.6) is 0 Å². The number of nitrogens with zero attached hydrogens (tertiary/aromatic N) is 2. The van der Waals surface area contributed by atoms with Crippen LogP contribution in [-0.4, -0.2) is 74.1 Å². The molecule has 3 aliphatic heterocycles. The van der Waals surface area contributed by atoms with E-state index in [9.17, 15) is 9.59 Å². The number of carbonyl (C=O) groups excluding carboxylic acids is 2. The van der Waals surface area contributed by atoms with Crippen LogP contribution in [0.2, 0.25) is 0 Å². The van der Waals surface area contributed by atoms with Gasteiger partial charge in [0.1, 0.15) is 0 Å². The molecule has 0 aromatic heterocycles. The van der Waals surface area contributed by atoms with Gasteiger partial charge in [0.2, 0.25) is 0 Å². The van der Waals surface area contributed by atoms with Crippen LogP contribution in [0.1, 0.15) is 25.7 Å². The Morgan fingerprint density at radius 3 is 1.86 bits per heavy atom. The maximum absolute atomic E-state index is 12.4. The van der Waals surface area contributed by atoms with E-state index in [-0.39, 0.29) is 24.2 Å². The van der Waals surface area contributed by atoms with Crippen LogP contribution < -0.4 is 5.32 Å². The van der Waals surface area contributed by atoms with Gasteiger partial charge in [-0.05, 0) is 44.2 Å². The molecule has 1 spiro atoms. The van der Waals surface area contributed by atoms with Crippen LogP contribution in [-0.2, 0) is 14.3 Å². The van der Waals surface area contributed by atoms with E-state index in [1.165, 1.54) is 12.8 Å². The Kier molecular flexibility index (Phi) is 6.06. The SMILES string of the molecule is Cl.O=C(C(=O)N1CCC2(CCNCC2)CC1)N1CCOCC1. The lowest BCUT2D eigenvalue weighted by molar-refractivity contribution is -0.155. The van der Waals surface area contributed by atoms with E-state index >= 15 is 0 Å². The van der Waals surface area contributed by atoms with Crippen molar-refractivity contribution in [1.29, 1.82) is 0 Å². The second-order valence-corrected chi connectivity index (χ2v) is 6.45. The number of likely N-dealkylation sites (tertiary alicyclic amines) is 1. The largest absolute Gasteiger partial charge is 0.378 e. The number of hydrogen-bond acceptors (Lipinski definition) is 4. The number of morpholine rings is 1. The molecule has 3 aliphatic rings. The molecule has 3 rings (SSSR count). The number of nitrogens with one attached hydrogen (secondary N) is 1. The molecule has 0 atom stereocenters. The van der Waals surface area contributed by atoms with Gasteiger partial charge in [-0.3, -0.25) is 9.59 Å². The molecule has 0 radical (unpaired) electrons. The van der Waals surface area contributed by atoms with E-state index in [1.807, 2.05) is 0 Å². The van der Waals surface area contributed by atoms with Crippen molar-refractivity contribution in [1.82, 2.24) is 15.1 Å². The molecule has 0 aliphatic carbocycles. The van der Waals surface area contributed by atoms with Gasteiger partial charge < -0.3 is 19.9 Å². The van der Waals surface area contributed by atoms with Crippen LogP contribution in [0.15, 0.2) is 0 Å². The molecule has 0 saturated carbocycles. The van der Waals surface area contributed by atoms with Gasteiger partial charge >= 0.3 is 11.8 Å². The van der Waals surface area contributed by atoms with Crippen molar-refractivity contribution in [3.05, 3.63) is 0 Å².